The molecule has 0 amide bonds. The molecule has 0 spiro atoms. The van der Waals surface area contributed by atoms with Crippen LogP contribution in [0.3, 0.4) is 0 Å². The van der Waals surface area contributed by atoms with E-state index in [2.05, 4.69) is 15.5 Å². The minimum absolute atomic E-state index is 0.668. The molecule has 1 N–H and O–H groups in total. The number of hydrogen-bond donors (Lipinski definition) is 1. The van der Waals surface area contributed by atoms with Crippen LogP contribution in [0, 0.1) is 0 Å². The molecule has 1 aliphatic rings. The van der Waals surface area contributed by atoms with Crippen LogP contribution < -0.4 is 10.2 Å². The van der Waals surface area contributed by atoms with Crippen LogP contribution in [0.25, 0.3) is 0 Å². The Morgan fingerprint density at radius 1 is 1.53 bits per heavy atom. The fourth-order valence-corrected chi connectivity index (χ4v) is 3.40. The molecule has 2 heterocycles. The number of nitrogens with one attached hydrogen (secondary N) is 1. The lowest BCUT2D eigenvalue weighted by molar-refractivity contribution is 0.674. The number of hydrogen-bond acceptors (Lipinski definition) is 6. The molecule has 1 unspecified atom stereocenters. The molecule has 84 valence electrons. The average Bonchev–Trinajstić information content (AvgIpc) is 2.86. The van der Waals surface area contributed by atoms with Crippen molar-refractivity contribution >= 4 is 28.2 Å². The molecule has 2 rings (SSSR count). The molecule has 0 radical (unpaired) electrons. The van der Waals surface area contributed by atoms with Gasteiger partial charge in [-0.25, -0.2) is 0 Å². The molecule has 15 heavy (non-hydrogen) atoms. The highest BCUT2D eigenvalue weighted by molar-refractivity contribution is 8.01. The largest absolute Gasteiger partial charge is 0.353 e. The van der Waals surface area contributed by atoms with Crippen molar-refractivity contribution in [1.82, 2.24) is 15.5 Å². The van der Waals surface area contributed by atoms with Crippen LogP contribution in [0.4, 0.5) is 5.13 Å². The van der Waals surface area contributed by atoms with Crippen LogP contribution >= 0.6 is 23.1 Å². The van der Waals surface area contributed by atoms with Gasteiger partial charge < -0.3 is 10.2 Å². The quantitative estimate of drug-likeness (QED) is 0.812. The van der Waals surface area contributed by atoms with E-state index in [9.17, 15) is 0 Å². The summed E-state index contributed by atoms with van der Waals surface area (Å²) in [7, 11) is 3.99. The van der Waals surface area contributed by atoms with E-state index < -0.39 is 0 Å². The Morgan fingerprint density at radius 3 is 3.00 bits per heavy atom. The van der Waals surface area contributed by atoms with Gasteiger partial charge >= 0.3 is 0 Å². The normalized spacial score (nSPS) is 20.8. The number of rotatable bonds is 4. The van der Waals surface area contributed by atoms with Gasteiger partial charge in [0.1, 0.15) is 0 Å². The van der Waals surface area contributed by atoms with Gasteiger partial charge in [0, 0.05) is 25.9 Å². The summed E-state index contributed by atoms with van der Waals surface area (Å²) < 4.78 is 1.08. The first-order chi connectivity index (χ1) is 7.25. The van der Waals surface area contributed by atoms with Crippen molar-refractivity contribution in [1.29, 1.82) is 0 Å². The summed E-state index contributed by atoms with van der Waals surface area (Å²) in [6.07, 6.45) is 2.61. The standard InChI is InChI=1S/C9H16N4S2/c1-13(2)8-11-12-9(15-8)14-6-7-4-3-5-10-7/h7,10H,3-6H2,1-2H3. The summed E-state index contributed by atoms with van der Waals surface area (Å²) in [6.45, 7) is 1.17. The Bertz CT molecular complexity index is 307. The van der Waals surface area contributed by atoms with Crippen molar-refractivity contribution in [3.63, 3.8) is 0 Å². The molecule has 1 aromatic heterocycles. The fourth-order valence-electron chi connectivity index (χ4n) is 1.51. The molecule has 0 aromatic carbocycles. The van der Waals surface area contributed by atoms with E-state index >= 15 is 0 Å². The van der Waals surface area contributed by atoms with Crippen molar-refractivity contribution < 1.29 is 0 Å². The Hall–Kier alpha value is -0.330. The molecule has 1 saturated heterocycles. The van der Waals surface area contributed by atoms with Gasteiger partial charge in [0.15, 0.2) is 4.34 Å². The van der Waals surface area contributed by atoms with Crippen LogP contribution in [0.15, 0.2) is 4.34 Å². The van der Waals surface area contributed by atoms with Gasteiger partial charge in [-0.15, -0.1) is 10.2 Å². The third kappa shape index (κ3) is 3.06. The minimum atomic E-state index is 0.668. The van der Waals surface area contributed by atoms with E-state index in [0.29, 0.717) is 6.04 Å². The third-order valence-electron chi connectivity index (χ3n) is 2.35. The highest BCUT2D eigenvalue weighted by Gasteiger charge is 2.15. The number of nitrogens with zero attached hydrogens (tertiary/aromatic N) is 3. The second kappa shape index (κ2) is 5.14. The van der Waals surface area contributed by atoms with Gasteiger partial charge in [-0.2, -0.15) is 0 Å². The number of anilines is 1. The zero-order chi connectivity index (χ0) is 10.7. The summed E-state index contributed by atoms with van der Waals surface area (Å²) in [4.78, 5) is 2.00. The second-order valence-corrected chi connectivity index (χ2v) is 6.07. The first-order valence-electron chi connectivity index (χ1n) is 5.13. The van der Waals surface area contributed by atoms with Gasteiger partial charge in [0.2, 0.25) is 5.13 Å². The average molecular weight is 244 g/mol. The fraction of sp³-hybridized carbons (Fsp3) is 0.778. The topological polar surface area (TPSA) is 41.1 Å². The smallest absolute Gasteiger partial charge is 0.208 e. The molecular weight excluding hydrogens is 228 g/mol. The van der Waals surface area contributed by atoms with Crippen LogP contribution in [-0.4, -0.2) is 42.6 Å². The van der Waals surface area contributed by atoms with Crippen molar-refractivity contribution in [3.8, 4) is 0 Å². The maximum absolute atomic E-state index is 4.16. The maximum atomic E-state index is 4.16. The van der Waals surface area contributed by atoms with E-state index in [4.69, 9.17) is 0 Å². The molecule has 1 atom stereocenters. The van der Waals surface area contributed by atoms with Gasteiger partial charge in [-0.05, 0) is 19.4 Å². The molecule has 6 heteroatoms. The van der Waals surface area contributed by atoms with Gasteiger partial charge in [0.25, 0.3) is 0 Å². The SMILES string of the molecule is CN(C)c1nnc(SCC2CCCN2)s1. The van der Waals surface area contributed by atoms with Crippen molar-refractivity contribution in [2.75, 3.05) is 31.3 Å². The van der Waals surface area contributed by atoms with E-state index in [1.54, 1.807) is 11.3 Å². The highest BCUT2D eigenvalue weighted by atomic mass is 32.2. The van der Waals surface area contributed by atoms with E-state index in [1.807, 2.05) is 30.8 Å². The predicted octanol–water partition coefficient (Wildman–Crippen LogP) is 1.45. The number of aromatic nitrogens is 2. The van der Waals surface area contributed by atoms with Crippen molar-refractivity contribution in [2.24, 2.45) is 0 Å². The van der Waals surface area contributed by atoms with Crippen molar-refractivity contribution in [2.45, 2.75) is 23.2 Å². The Labute approximate surface area is 98.5 Å². The molecule has 1 aromatic rings. The molecule has 0 aliphatic carbocycles. The third-order valence-corrected chi connectivity index (χ3v) is 4.74. The Kier molecular flexibility index (Phi) is 3.82. The minimum Gasteiger partial charge on any atom is -0.353 e. The summed E-state index contributed by atoms with van der Waals surface area (Å²) in [6, 6.07) is 0.668. The van der Waals surface area contributed by atoms with E-state index in [0.717, 1.165) is 15.2 Å². The van der Waals surface area contributed by atoms with Crippen LogP contribution in [0.5, 0.6) is 0 Å². The van der Waals surface area contributed by atoms with E-state index in [1.165, 1.54) is 19.4 Å². The predicted molar refractivity (Wildman–Crippen MR) is 66.0 cm³/mol. The summed E-state index contributed by atoms with van der Waals surface area (Å²) in [5, 5.41) is 12.7. The molecule has 0 saturated carbocycles. The van der Waals surface area contributed by atoms with Gasteiger partial charge in [-0.1, -0.05) is 23.1 Å². The van der Waals surface area contributed by atoms with E-state index in [-0.39, 0.29) is 0 Å². The molecule has 1 fully saturated rings. The Morgan fingerprint density at radius 2 is 2.40 bits per heavy atom. The first-order valence-corrected chi connectivity index (χ1v) is 6.93. The lowest BCUT2D eigenvalue weighted by Crippen LogP contribution is -2.23. The Balaban J connectivity index is 1.82. The zero-order valence-electron chi connectivity index (χ0n) is 9.06. The molecule has 0 bridgehead atoms. The zero-order valence-corrected chi connectivity index (χ0v) is 10.7. The number of thioether (sulfide) groups is 1. The van der Waals surface area contributed by atoms with Crippen LogP contribution in [0.2, 0.25) is 0 Å². The molecule has 1 aliphatic heterocycles. The summed E-state index contributed by atoms with van der Waals surface area (Å²) in [5.41, 5.74) is 0. The van der Waals surface area contributed by atoms with Crippen molar-refractivity contribution in [3.05, 3.63) is 0 Å². The molecular formula is C9H16N4S2. The lowest BCUT2D eigenvalue weighted by atomic mass is 10.3. The molecule has 4 nitrogen and oxygen atoms in total. The first kappa shape index (κ1) is 11.2. The van der Waals surface area contributed by atoms with Gasteiger partial charge in [-0.3, -0.25) is 0 Å². The van der Waals surface area contributed by atoms with Crippen LogP contribution in [0.1, 0.15) is 12.8 Å². The summed E-state index contributed by atoms with van der Waals surface area (Å²) >= 11 is 3.47. The lowest BCUT2D eigenvalue weighted by Gasteiger charge is -2.06. The monoisotopic (exact) mass is 244 g/mol. The van der Waals surface area contributed by atoms with Crippen LogP contribution in [-0.2, 0) is 0 Å². The van der Waals surface area contributed by atoms with Gasteiger partial charge in [0.05, 0.1) is 0 Å². The highest BCUT2D eigenvalue weighted by Crippen LogP contribution is 2.28. The second-order valence-electron chi connectivity index (χ2n) is 3.85. The summed E-state index contributed by atoms with van der Waals surface area (Å²) in [5.74, 6) is 1.11. The maximum Gasteiger partial charge on any atom is 0.208 e.